The van der Waals surface area contributed by atoms with Crippen molar-refractivity contribution in [3.8, 4) is 0 Å². The van der Waals surface area contributed by atoms with Crippen LogP contribution in [0.4, 0.5) is 10.1 Å². The molecule has 0 fully saturated rings. The number of anilines is 1. The molecule has 0 atom stereocenters. The van der Waals surface area contributed by atoms with Gasteiger partial charge < -0.3 is 0 Å². The lowest BCUT2D eigenvalue weighted by molar-refractivity contribution is 0.523. The summed E-state index contributed by atoms with van der Waals surface area (Å²) in [4.78, 5) is -0.160. The predicted octanol–water partition coefficient (Wildman–Crippen LogP) is 5.23. The highest BCUT2D eigenvalue weighted by atomic mass is 35.5. The molecule has 0 radical (unpaired) electrons. The third-order valence-electron chi connectivity index (χ3n) is 3.21. The Hall–Kier alpha value is -1.30. The fourth-order valence-electron chi connectivity index (χ4n) is 2.08. The number of halogens is 3. The van der Waals surface area contributed by atoms with Crippen LogP contribution in [0, 0.1) is 5.82 Å². The van der Waals surface area contributed by atoms with E-state index in [9.17, 15) is 12.8 Å². The van der Waals surface area contributed by atoms with Crippen molar-refractivity contribution in [3.05, 3.63) is 57.8 Å². The number of sulfonamides is 1. The summed E-state index contributed by atoms with van der Waals surface area (Å²) in [6, 6.07) is 8.34. The van der Waals surface area contributed by atoms with Gasteiger partial charge in [0.15, 0.2) is 0 Å². The fraction of sp³-hybridized carbons (Fsp3) is 0.250. The maximum Gasteiger partial charge on any atom is 0.263 e. The fourth-order valence-corrected chi connectivity index (χ4v) is 3.89. The molecule has 2 rings (SSSR count). The molecule has 0 aliphatic carbocycles. The summed E-state index contributed by atoms with van der Waals surface area (Å²) >= 11 is 11.7. The van der Waals surface area contributed by atoms with Gasteiger partial charge in [-0.3, -0.25) is 4.72 Å². The molecule has 0 bridgehead atoms. The van der Waals surface area contributed by atoms with E-state index < -0.39 is 15.8 Å². The van der Waals surface area contributed by atoms with Crippen LogP contribution in [0.1, 0.15) is 26.3 Å². The average Bonchev–Trinajstić information content (AvgIpc) is 2.39. The highest BCUT2D eigenvalue weighted by Crippen LogP contribution is 2.30. The lowest BCUT2D eigenvalue weighted by atomic mass is 9.86. The minimum absolute atomic E-state index is 0.0358. The Bertz CT molecular complexity index is 846. The van der Waals surface area contributed by atoms with E-state index in [1.54, 1.807) is 6.07 Å². The molecule has 0 unspecified atom stereocenters. The maximum atomic E-state index is 14.2. The molecule has 0 saturated heterocycles. The van der Waals surface area contributed by atoms with Crippen LogP contribution in [0.15, 0.2) is 41.3 Å². The van der Waals surface area contributed by atoms with Gasteiger partial charge in [-0.15, -0.1) is 0 Å². The Balaban J connectivity index is 2.38. The topological polar surface area (TPSA) is 46.2 Å². The second-order valence-corrected chi connectivity index (χ2v) is 8.62. The van der Waals surface area contributed by atoms with Gasteiger partial charge in [0.05, 0.1) is 10.7 Å². The number of nitrogens with one attached hydrogen (secondary N) is 1. The Morgan fingerprint density at radius 1 is 1.04 bits per heavy atom. The van der Waals surface area contributed by atoms with Gasteiger partial charge >= 0.3 is 0 Å². The van der Waals surface area contributed by atoms with E-state index in [4.69, 9.17) is 23.2 Å². The van der Waals surface area contributed by atoms with Crippen LogP contribution in [0.5, 0.6) is 0 Å². The molecular weight excluding hydrogens is 360 g/mol. The predicted molar refractivity (Wildman–Crippen MR) is 92.4 cm³/mol. The molecule has 23 heavy (non-hydrogen) atoms. The monoisotopic (exact) mass is 375 g/mol. The van der Waals surface area contributed by atoms with Crippen LogP contribution < -0.4 is 4.72 Å². The molecule has 0 amide bonds. The van der Waals surface area contributed by atoms with Crippen LogP contribution in [0.2, 0.25) is 10.0 Å². The van der Waals surface area contributed by atoms with Crippen molar-refractivity contribution in [2.24, 2.45) is 0 Å². The second kappa shape index (κ2) is 6.30. The van der Waals surface area contributed by atoms with Gasteiger partial charge in [-0.1, -0.05) is 50.0 Å². The van der Waals surface area contributed by atoms with Crippen molar-refractivity contribution in [1.29, 1.82) is 0 Å². The third kappa shape index (κ3) is 4.16. The van der Waals surface area contributed by atoms with E-state index in [0.717, 1.165) is 6.07 Å². The number of hydrogen-bond donors (Lipinski definition) is 1. The molecule has 2 aromatic rings. The normalized spacial score (nSPS) is 12.3. The molecule has 0 aliphatic heterocycles. The first kappa shape index (κ1) is 18.0. The van der Waals surface area contributed by atoms with E-state index in [0.29, 0.717) is 5.56 Å². The maximum absolute atomic E-state index is 14.2. The molecule has 0 saturated carbocycles. The highest BCUT2D eigenvalue weighted by Gasteiger charge is 2.21. The standard InChI is InChI=1S/C16H16Cl2FNO2S/c1-16(2,3)12-6-5-11(9-14(12)19)20-23(21,22)15-8-10(17)4-7-13(15)18/h4-9,20H,1-3H3. The van der Waals surface area contributed by atoms with E-state index in [2.05, 4.69) is 4.72 Å². The first-order valence-corrected chi connectivity index (χ1v) is 9.02. The van der Waals surface area contributed by atoms with Crippen molar-refractivity contribution >= 4 is 38.9 Å². The van der Waals surface area contributed by atoms with Crippen molar-refractivity contribution < 1.29 is 12.8 Å². The summed E-state index contributed by atoms with van der Waals surface area (Å²) in [5, 5.41) is 0.276. The van der Waals surface area contributed by atoms with E-state index in [1.165, 1.54) is 24.3 Å². The second-order valence-electron chi connectivity index (χ2n) is 6.12. The number of rotatable bonds is 3. The van der Waals surface area contributed by atoms with Gasteiger partial charge in [-0.2, -0.15) is 0 Å². The molecule has 0 aromatic heterocycles. The average molecular weight is 376 g/mol. The summed E-state index contributed by atoms with van der Waals surface area (Å²) < 4.78 is 41.3. The van der Waals surface area contributed by atoms with Crippen molar-refractivity contribution in [1.82, 2.24) is 0 Å². The van der Waals surface area contributed by atoms with E-state index in [1.807, 2.05) is 20.8 Å². The lowest BCUT2D eigenvalue weighted by Crippen LogP contribution is -2.16. The quantitative estimate of drug-likeness (QED) is 0.797. The van der Waals surface area contributed by atoms with Crippen LogP contribution in [-0.2, 0) is 15.4 Å². The first-order chi connectivity index (χ1) is 10.5. The zero-order valence-corrected chi connectivity index (χ0v) is 15.2. The van der Waals surface area contributed by atoms with Gasteiger partial charge in [0.1, 0.15) is 10.7 Å². The molecule has 2 aromatic carbocycles. The number of benzene rings is 2. The summed E-state index contributed by atoms with van der Waals surface area (Å²) in [6.07, 6.45) is 0. The van der Waals surface area contributed by atoms with Gasteiger partial charge in [0.2, 0.25) is 0 Å². The van der Waals surface area contributed by atoms with Gasteiger partial charge in [0.25, 0.3) is 10.0 Å². The van der Waals surface area contributed by atoms with Crippen LogP contribution in [0.3, 0.4) is 0 Å². The molecule has 1 N–H and O–H groups in total. The zero-order chi connectivity index (χ0) is 17.4. The highest BCUT2D eigenvalue weighted by molar-refractivity contribution is 7.92. The SMILES string of the molecule is CC(C)(C)c1ccc(NS(=O)(=O)c2cc(Cl)ccc2Cl)cc1F. The molecule has 124 valence electrons. The molecule has 0 heterocycles. The molecule has 7 heteroatoms. The summed E-state index contributed by atoms with van der Waals surface area (Å²) in [7, 11) is -3.96. The summed E-state index contributed by atoms with van der Waals surface area (Å²) in [5.74, 6) is -0.477. The van der Waals surface area contributed by atoms with Crippen LogP contribution in [0.25, 0.3) is 0 Å². The van der Waals surface area contributed by atoms with Gasteiger partial charge in [-0.25, -0.2) is 12.8 Å². The van der Waals surface area contributed by atoms with Crippen molar-refractivity contribution in [2.75, 3.05) is 4.72 Å². The Labute approximate surface area is 145 Å². The lowest BCUT2D eigenvalue weighted by Gasteiger charge is -2.20. The minimum Gasteiger partial charge on any atom is -0.279 e. The Kier molecular flexibility index (Phi) is 4.95. The van der Waals surface area contributed by atoms with Crippen molar-refractivity contribution in [2.45, 2.75) is 31.1 Å². The Morgan fingerprint density at radius 3 is 2.26 bits per heavy atom. The van der Waals surface area contributed by atoms with E-state index >= 15 is 0 Å². The van der Waals surface area contributed by atoms with Crippen LogP contribution in [-0.4, -0.2) is 8.42 Å². The largest absolute Gasteiger partial charge is 0.279 e. The minimum atomic E-state index is -3.96. The number of hydrogen-bond acceptors (Lipinski definition) is 2. The molecule has 3 nitrogen and oxygen atoms in total. The summed E-state index contributed by atoms with van der Waals surface area (Å²) in [6.45, 7) is 5.63. The van der Waals surface area contributed by atoms with Crippen LogP contribution >= 0.6 is 23.2 Å². The smallest absolute Gasteiger partial charge is 0.263 e. The van der Waals surface area contributed by atoms with E-state index in [-0.39, 0.29) is 26.0 Å². The van der Waals surface area contributed by atoms with Gasteiger partial charge in [0, 0.05) is 5.02 Å². The molecule has 0 aliphatic rings. The Morgan fingerprint density at radius 2 is 1.70 bits per heavy atom. The first-order valence-electron chi connectivity index (χ1n) is 6.78. The molecule has 0 spiro atoms. The third-order valence-corrected chi connectivity index (χ3v) is 5.31. The summed E-state index contributed by atoms with van der Waals surface area (Å²) in [5.41, 5.74) is 0.241. The zero-order valence-electron chi connectivity index (χ0n) is 12.8. The van der Waals surface area contributed by atoms with Gasteiger partial charge in [-0.05, 0) is 41.3 Å². The molecular formula is C16H16Cl2FNO2S. The van der Waals surface area contributed by atoms with Crippen molar-refractivity contribution in [3.63, 3.8) is 0 Å².